The Balaban J connectivity index is 1.56. The lowest BCUT2D eigenvalue weighted by atomic mass is 10.00. The van der Waals surface area contributed by atoms with Crippen LogP contribution in [0.5, 0.6) is 11.5 Å². The molecule has 11 heteroatoms. The number of rotatable bonds is 6. The van der Waals surface area contributed by atoms with Crippen molar-refractivity contribution >= 4 is 17.7 Å². The average molecular weight is 601 g/mol. The van der Waals surface area contributed by atoms with E-state index in [1.165, 1.54) is 6.20 Å². The first-order valence-corrected chi connectivity index (χ1v) is 14.9. The van der Waals surface area contributed by atoms with Crippen molar-refractivity contribution in [3.8, 4) is 22.6 Å². The Morgan fingerprint density at radius 1 is 1.02 bits per heavy atom. The van der Waals surface area contributed by atoms with Crippen molar-refractivity contribution < 1.29 is 23.9 Å². The van der Waals surface area contributed by atoms with Crippen LogP contribution in [0.25, 0.3) is 11.1 Å². The molecule has 1 atom stereocenters. The second kappa shape index (κ2) is 13.4. The number of amides is 3. The molecule has 3 aromatic rings. The lowest BCUT2D eigenvalue weighted by Crippen LogP contribution is -2.55. The van der Waals surface area contributed by atoms with Gasteiger partial charge in [0.15, 0.2) is 11.5 Å². The van der Waals surface area contributed by atoms with Crippen LogP contribution in [0.2, 0.25) is 0 Å². The fourth-order valence-electron chi connectivity index (χ4n) is 5.54. The van der Waals surface area contributed by atoms with Crippen LogP contribution in [0, 0.1) is 5.92 Å². The highest BCUT2D eigenvalue weighted by Crippen LogP contribution is 2.40. The lowest BCUT2D eigenvalue weighted by molar-refractivity contribution is -0.130. The Labute approximate surface area is 257 Å². The molecule has 1 aromatic carbocycles. The van der Waals surface area contributed by atoms with Crippen LogP contribution in [0.15, 0.2) is 55.1 Å². The first kappa shape index (κ1) is 30.9. The molecule has 3 N–H and O–H groups in total. The zero-order valence-electron chi connectivity index (χ0n) is 25.7. The van der Waals surface area contributed by atoms with Crippen molar-refractivity contribution in [3.63, 3.8) is 0 Å². The van der Waals surface area contributed by atoms with Crippen molar-refractivity contribution in [2.45, 2.75) is 57.8 Å². The Bertz CT molecular complexity index is 1510. The Morgan fingerprint density at radius 3 is 2.50 bits per heavy atom. The number of carbonyl (C=O) groups excluding carboxylic acids is 3. The molecule has 3 amide bonds. The third kappa shape index (κ3) is 7.16. The average Bonchev–Trinajstić information content (AvgIpc) is 3.80. The van der Waals surface area contributed by atoms with Crippen LogP contribution in [-0.2, 0) is 22.7 Å². The molecule has 0 unspecified atom stereocenters. The second-order valence-electron chi connectivity index (χ2n) is 11.9. The van der Waals surface area contributed by atoms with Gasteiger partial charge in [-0.05, 0) is 60.6 Å². The molecule has 1 aliphatic heterocycles. The van der Waals surface area contributed by atoms with Gasteiger partial charge in [-0.1, -0.05) is 19.9 Å². The minimum absolute atomic E-state index is 0.170. The van der Waals surface area contributed by atoms with Crippen LogP contribution >= 0.6 is 0 Å². The molecule has 1 fully saturated rings. The molecule has 3 heterocycles. The number of pyridine rings is 2. The van der Waals surface area contributed by atoms with Gasteiger partial charge < -0.3 is 25.4 Å². The zero-order chi connectivity index (χ0) is 31.3. The molecule has 4 bridgehead atoms. The largest absolute Gasteiger partial charge is 0.493 e. The maximum Gasteiger partial charge on any atom is 0.253 e. The molecule has 44 heavy (non-hydrogen) atoms. The van der Waals surface area contributed by atoms with Crippen LogP contribution < -0.4 is 25.4 Å². The molecule has 232 valence electrons. The van der Waals surface area contributed by atoms with Gasteiger partial charge in [0.05, 0.1) is 19.8 Å². The van der Waals surface area contributed by atoms with Crippen molar-refractivity contribution in [3.05, 3.63) is 71.8 Å². The predicted octanol–water partition coefficient (Wildman–Crippen LogP) is 3.09. The second-order valence-corrected chi connectivity index (χ2v) is 11.9. The van der Waals surface area contributed by atoms with Gasteiger partial charge in [0.2, 0.25) is 11.8 Å². The fourth-order valence-corrected chi connectivity index (χ4v) is 5.54. The summed E-state index contributed by atoms with van der Waals surface area (Å²) in [5, 5.41) is 8.88. The normalized spacial score (nSPS) is 18.9. The van der Waals surface area contributed by atoms with Crippen molar-refractivity contribution in [2.75, 3.05) is 27.3 Å². The number of hydrogen-bond acceptors (Lipinski definition) is 8. The quantitative estimate of drug-likeness (QED) is 0.393. The summed E-state index contributed by atoms with van der Waals surface area (Å²) in [5.74, 6) is 0.219. The van der Waals surface area contributed by atoms with E-state index in [2.05, 4.69) is 30.8 Å². The maximum atomic E-state index is 13.5. The molecule has 2 aliphatic rings. The molecule has 1 aliphatic carbocycles. The topological polar surface area (TPSA) is 135 Å². The van der Waals surface area contributed by atoms with Crippen molar-refractivity contribution in [1.82, 2.24) is 30.8 Å². The van der Waals surface area contributed by atoms with E-state index in [1.54, 1.807) is 32.7 Å². The summed E-state index contributed by atoms with van der Waals surface area (Å²) < 4.78 is 11.5. The molecule has 0 radical (unpaired) electrons. The minimum atomic E-state index is -1.06. The Hall–Kier alpha value is -4.51. The summed E-state index contributed by atoms with van der Waals surface area (Å²) in [5.41, 5.74) is 2.62. The van der Waals surface area contributed by atoms with Crippen molar-refractivity contribution in [1.29, 1.82) is 0 Å². The minimum Gasteiger partial charge on any atom is -0.493 e. The SMILES string of the molecule is COc1cc2cc(c1OC)-c1cncc(c1)C(=O)NC1(CC1)C(=O)N[C@H](CC(C)C)C(=O)NCCN(Cc1cccnc1)C2. The summed E-state index contributed by atoms with van der Waals surface area (Å²) in [4.78, 5) is 51.1. The van der Waals surface area contributed by atoms with Gasteiger partial charge in [-0.2, -0.15) is 0 Å². The fraction of sp³-hybridized carbons (Fsp3) is 0.424. The van der Waals surface area contributed by atoms with E-state index in [9.17, 15) is 14.4 Å². The summed E-state index contributed by atoms with van der Waals surface area (Å²) >= 11 is 0. The molecule has 1 spiro atoms. The molecule has 11 nitrogen and oxygen atoms in total. The van der Waals surface area contributed by atoms with Gasteiger partial charge in [-0.3, -0.25) is 29.3 Å². The van der Waals surface area contributed by atoms with Crippen molar-refractivity contribution in [2.24, 2.45) is 5.92 Å². The maximum absolute atomic E-state index is 13.5. The number of benzene rings is 1. The number of nitrogens with one attached hydrogen (secondary N) is 3. The molecule has 1 saturated carbocycles. The number of hydrogen-bond donors (Lipinski definition) is 3. The first-order chi connectivity index (χ1) is 21.2. The molecular formula is C33H40N6O5. The standard InChI is InChI=1S/C33H40N6O5/c1-21(2)12-27-31(41)36-10-11-39(19-22-6-5-9-34-16-22)20-23-13-26(29(44-4)28(14-23)43-3)24-15-25(18-35-17-24)30(40)38-33(7-8-33)32(42)37-27/h5-6,9,13-18,21,27H,7-8,10-12,19-20H2,1-4H3,(H,36,41)(H,37,42)(H,38,40)/t27-/m1/s1. The van der Waals surface area contributed by atoms with Gasteiger partial charge in [-0.15, -0.1) is 0 Å². The molecule has 5 rings (SSSR count). The van der Waals surface area contributed by atoms with Crippen LogP contribution in [0.1, 0.15) is 54.6 Å². The van der Waals surface area contributed by atoms with Gasteiger partial charge in [0, 0.05) is 62.1 Å². The summed E-state index contributed by atoms with van der Waals surface area (Å²) in [6.07, 6.45) is 8.17. The van der Waals surface area contributed by atoms with Crippen LogP contribution in [0.3, 0.4) is 0 Å². The van der Waals surface area contributed by atoms with E-state index < -0.39 is 17.5 Å². The monoisotopic (exact) mass is 600 g/mol. The highest BCUT2D eigenvalue weighted by molar-refractivity contribution is 6.02. The third-order valence-corrected chi connectivity index (χ3v) is 7.98. The van der Waals surface area contributed by atoms with Crippen LogP contribution in [-0.4, -0.2) is 71.5 Å². The van der Waals surface area contributed by atoms with Gasteiger partial charge >= 0.3 is 0 Å². The number of methoxy groups -OCH3 is 2. The predicted molar refractivity (Wildman–Crippen MR) is 165 cm³/mol. The number of nitrogens with zero attached hydrogens (tertiary/aromatic N) is 3. The number of aromatic nitrogens is 2. The van der Waals surface area contributed by atoms with E-state index in [0.29, 0.717) is 68.1 Å². The summed E-state index contributed by atoms with van der Waals surface area (Å²) in [6.45, 7) is 6.06. The molecule has 0 saturated heterocycles. The number of ether oxygens (including phenoxy) is 2. The highest BCUT2D eigenvalue weighted by atomic mass is 16.5. The van der Waals surface area contributed by atoms with E-state index in [1.807, 2.05) is 44.3 Å². The summed E-state index contributed by atoms with van der Waals surface area (Å²) in [6, 6.07) is 8.87. The smallest absolute Gasteiger partial charge is 0.253 e. The lowest BCUT2D eigenvalue weighted by Gasteiger charge is -2.26. The Kier molecular flexibility index (Phi) is 9.43. The number of fused-ring (bicyclic) bond motifs is 5. The van der Waals surface area contributed by atoms with E-state index >= 15 is 0 Å². The molecular weight excluding hydrogens is 560 g/mol. The summed E-state index contributed by atoms with van der Waals surface area (Å²) in [7, 11) is 3.16. The molecule has 2 aromatic heterocycles. The number of carbonyl (C=O) groups is 3. The van der Waals surface area contributed by atoms with E-state index in [-0.39, 0.29) is 17.7 Å². The highest BCUT2D eigenvalue weighted by Gasteiger charge is 2.52. The van der Waals surface area contributed by atoms with Gasteiger partial charge in [-0.25, -0.2) is 0 Å². The Morgan fingerprint density at radius 2 is 1.82 bits per heavy atom. The van der Waals surface area contributed by atoms with E-state index in [0.717, 1.165) is 16.7 Å². The third-order valence-electron chi connectivity index (χ3n) is 7.98. The van der Waals surface area contributed by atoms with Gasteiger partial charge in [0.25, 0.3) is 5.91 Å². The first-order valence-electron chi connectivity index (χ1n) is 14.9. The van der Waals surface area contributed by atoms with Crippen LogP contribution in [0.4, 0.5) is 0 Å². The zero-order valence-corrected chi connectivity index (χ0v) is 25.7. The van der Waals surface area contributed by atoms with Gasteiger partial charge in [0.1, 0.15) is 11.6 Å². The van der Waals surface area contributed by atoms with E-state index in [4.69, 9.17) is 9.47 Å².